The lowest BCUT2D eigenvalue weighted by Crippen LogP contribution is -2.58. The number of aliphatic hydroxyl groups excluding tert-OH is 1. The Morgan fingerprint density at radius 3 is 2.62 bits per heavy atom. The number of halogens is 1. The van der Waals surface area contributed by atoms with Crippen molar-refractivity contribution in [2.24, 2.45) is 11.8 Å². The van der Waals surface area contributed by atoms with Crippen LogP contribution in [0.1, 0.15) is 39.5 Å². The number of carbonyl (C=O) groups excluding carboxylic acids is 3. The van der Waals surface area contributed by atoms with Gasteiger partial charge in [-0.2, -0.15) is 0 Å². The second kappa shape index (κ2) is 9.89. The summed E-state index contributed by atoms with van der Waals surface area (Å²) in [6.45, 7) is 3.80. The van der Waals surface area contributed by atoms with Crippen LogP contribution in [0, 0.1) is 11.8 Å². The summed E-state index contributed by atoms with van der Waals surface area (Å²) in [7, 11) is 0. The Morgan fingerprint density at radius 1 is 1.11 bits per heavy atom. The average Bonchev–Trinajstić information content (AvgIpc) is 3.21. The van der Waals surface area contributed by atoms with Gasteiger partial charge in [0.05, 0.1) is 41.5 Å². The first-order chi connectivity index (χ1) is 17.8. The molecule has 0 aromatic heterocycles. The number of allylic oxidation sites excluding steroid dienone is 1. The molecule has 6 atom stereocenters. The monoisotopic (exact) mass is 528 g/mol. The highest BCUT2D eigenvalue weighted by atomic mass is 35.5. The molecule has 1 aromatic rings. The topological polar surface area (TPSA) is 96.4 Å². The maximum atomic E-state index is 14.4. The molecule has 4 heterocycles. The largest absolute Gasteiger partial charge is 0.465 e. The van der Waals surface area contributed by atoms with Crippen LogP contribution < -0.4 is 4.90 Å². The summed E-state index contributed by atoms with van der Waals surface area (Å²) in [5, 5.41) is 10.6. The molecule has 2 fully saturated rings. The number of amides is 2. The van der Waals surface area contributed by atoms with Gasteiger partial charge in [-0.1, -0.05) is 55.0 Å². The SMILES string of the molecule is CC[C@@H](CO)N1C(=O)[C@@H]2[C@@H]3C(=O)OCCCC/C=C\[C@]3(C)O[C@@]23C=CCN(c2ccccc2Cl)C(=O)C13. The zero-order valence-electron chi connectivity index (χ0n) is 21.1. The number of ether oxygens (including phenoxy) is 2. The van der Waals surface area contributed by atoms with E-state index in [1.165, 1.54) is 4.90 Å². The van der Waals surface area contributed by atoms with Crippen molar-refractivity contribution in [2.45, 2.75) is 62.8 Å². The quantitative estimate of drug-likeness (QED) is 0.476. The lowest BCUT2D eigenvalue weighted by molar-refractivity contribution is -0.160. The number of hydrogen-bond acceptors (Lipinski definition) is 6. The fourth-order valence-corrected chi connectivity index (χ4v) is 6.67. The highest BCUT2D eigenvalue weighted by Gasteiger charge is 2.75. The van der Waals surface area contributed by atoms with E-state index in [0.717, 1.165) is 19.3 Å². The maximum absolute atomic E-state index is 14.4. The van der Waals surface area contributed by atoms with E-state index in [4.69, 9.17) is 21.1 Å². The molecule has 1 aromatic carbocycles. The van der Waals surface area contributed by atoms with Crippen molar-refractivity contribution in [3.8, 4) is 0 Å². The number of carbonyl (C=O) groups is 3. The number of cyclic esters (lactones) is 1. The van der Waals surface area contributed by atoms with Gasteiger partial charge in [0, 0.05) is 6.54 Å². The minimum absolute atomic E-state index is 0.219. The molecular weight excluding hydrogens is 496 g/mol. The molecule has 4 aliphatic rings. The molecule has 0 radical (unpaired) electrons. The molecule has 9 heteroatoms. The minimum Gasteiger partial charge on any atom is -0.465 e. The van der Waals surface area contributed by atoms with Crippen LogP contribution in [-0.2, 0) is 23.9 Å². The zero-order chi connectivity index (χ0) is 26.4. The van der Waals surface area contributed by atoms with E-state index in [2.05, 4.69) is 0 Å². The van der Waals surface area contributed by atoms with Crippen LogP contribution >= 0.6 is 11.6 Å². The van der Waals surface area contributed by atoms with Gasteiger partial charge in [0.25, 0.3) is 5.91 Å². The highest BCUT2D eigenvalue weighted by molar-refractivity contribution is 6.34. The molecular formula is C28H33ClN2O6. The average molecular weight is 529 g/mol. The molecule has 0 saturated carbocycles. The number of aliphatic hydroxyl groups is 1. The van der Waals surface area contributed by atoms with Crippen LogP contribution in [0.25, 0.3) is 0 Å². The van der Waals surface area contributed by atoms with Crippen LogP contribution in [-0.4, -0.2) is 70.8 Å². The first-order valence-corrected chi connectivity index (χ1v) is 13.4. The van der Waals surface area contributed by atoms with Gasteiger partial charge in [0.2, 0.25) is 5.91 Å². The van der Waals surface area contributed by atoms with Crippen LogP contribution in [0.5, 0.6) is 0 Å². The van der Waals surface area contributed by atoms with Crippen LogP contribution in [0.2, 0.25) is 5.02 Å². The number of esters is 1. The van der Waals surface area contributed by atoms with Crippen molar-refractivity contribution in [3.63, 3.8) is 0 Å². The molecule has 2 amide bonds. The zero-order valence-corrected chi connectivity index (χ0v) is 21.9. The summed E-state index contributed by atoms with van der Waals surface area (Å²) < 4.78 is 12.4. The Hall–Kier alpha value is -2.68. The lowest BCUT2D eigenvalue weighted by Gasteiger charge is -2.40. The lowest BCUT2D eigenvalue weighted by atomic mass is 9.74. The Bertz CT molecular complexity index is 1150. The van der Waals surface area contributed by atoms with Crippen molar-refractivity contribution in [1.29, 1.82) is 0 Å². The molecule has 1 unspecified atom stereocenters. The molecule has 37 heavy (non-hydrogen) atoms. The van der Waals surface area contributed by atoms with E-state index < -0.39 is 41.1 Å². The van der Waals surface area contributed by atoms with E-state index in [1.54, 1.807) is 48.2 Å². The van der Waals surface area contributed by atoms with Gasteiger partial charge in [0.1, 0.15) is 17.6 Å². The van der Waals surface area contributed by atoms with Crippen LogP contribution in [0.3, 0.4) is 0 Å². The van der Waals surface area contributed by atoms with E-state index in [0.29, 0.717) is 17.1 Å². The summed E-state index contributed by atoms with van der Waals surface area (Å²) in [6.07, 6.45) is 10.2. The number of anilines is 1. The normalized spacial score (nSPS) is 35.4. The summed E-state index contributed by atoms with van der Waals surface area (Å²) in [5.74, 6) is -3.19. The van der Waals surface area contributed by atoms with Gasteiger partial charge in [-0.25, -0.2) is 0 Å². The van der Waals surface area contributed by atoms with Gasteiger partial charge in [0.15, 0.2) is 0 Å². The van der Waals surface area contributed by atoms with Gasteiger partial charge in [-0.15, -0.1) is 0 Å². The molecule has 1 spiro atoms. The second-order valence-corrected chi connectivity index (χ2v) is 10.8. The molecule has 4 aliphatic heterocycles. The van der Waals surface area contributed by atoms with Crippen molar-refractivity contribution >= 4 is 35.1 Å². The van der Waals surface area contributed by atoms with Gasteiger partial charge in [-0.3, -0.25) is 14.4 Å². The number of benzene rings is 1. The van der Waals surface area contributed by atoms with Crippen molar-refractivity contribution in [1.82, 2.24) is 4.90 Å². The van der Waals surface area contributed by atoms with Crippen molar-refractivity contribution in [2.75, 3.05) is 24.7 Å². The van der Waals surface area contributed by atoms with E-state index in [1.807, 2.05) is 19.1 Å². The van der Waals surface area contributed by atoms with Gasteiger partial charge in [-0.05, 0) is 44.7 Å². The summed E-state index contributed by atoms with van der Waals surface area (Å²) in [5.41, 5.74) is -2.04. The molecule has 5 rings (SSSR count). The Balaban J connectivity index is 1.68. The maximum Gasteiger partial charge on any atom is 0.313 e. The number of fused-ring (bicyclic) bond motifs is 2. The van der Waals surface area contributed by atoms with E-state index >= 15 is 0 Å². The third-order valence-electron chi connectivity index (χ3n) is 8.16. The third kappa shape index (κ3) is 4.01. The van der Waals surface area contributed by atoms with Gasteiger partial charge >= 0.3 is 5.97 Å². The third-order valence-corrected chi connectivity index (χ3v) is 8.48. The summed E-state index contributed by atoms with van der Waals surface area (Å²) >= 11 is 6.48. The predicted octanol–water partition coefficient (Wildman–Crippen LogP) is 3.27. The Labute approximate surface area is 221 Å². The Morgan fingerprint density at radius 2 is 1.89 bits per heavy atom. The standard InChI is InChI=1S/C28H33ClN2O6/c1-3-18(17-32)31-23-25(34)30(20-12-7-6-11-19(20)29)15-10-14-28(23)21(24(31)33)22-26(35)36-16-9-5-4-8-13-27(22,2)37-28/h6-8,10-14,18,21-23,32H,3-5,9,15-17H2,1-2H3/b13-8-/t18-,21-,22+,23?,27-,28-/m0/s1. The molecule has 198 valence electrons. The fourth-order valence-electron chi connectivity index (χ4n) is 6.43. The number of para-hydroxylation sites is 1. The second-order valence-electron chi connectivity index (χ2n) is 10.4. The number of hydrogen-bond donors (Lipinski definition) is 1. The van der Waals surface area contributed by atoms with Crippen LogP contribution in [0.15, 0.2) is 48.6 Å². The highest BCUT2D eigenvalue weighted by Crippen LogP contribution is 2.57. The van der Waals surface area contributed by atoms with Crippen LogP contribution in [0.4, 0.5) is 5.69 Å². The summed E-state index contributed by atoms with van der Waals surface area (Å²) in [6, 6.07) is 5.33. The number of nitrogens with zero attached hydrogens (tertiary/aromatic N) is 2. The first kappa shape index (κ1) is 25.9. The first-order valence-electron chi connectivity index (χ1n) is 13.0. The number of rotatable bonds is 4. The van der Waals surface area contributed by atoms with Gasteiger partial charge < -0.3 is 24.4 Å². The Kier molecular flexibility index (Phi) is 6.94. The minimum atomic E-state index is -1.41. The molecule has 1 N–H and O–H groups in total. The van der Waals surface area contributed by atoms with Crippen molar-refractivity contribution < 1.29 is 29.0 Å². The van der Waals surface area contributed by atoms with Crippen molar-refractivity contribution in [3.05, 3.63) is 53.6 Å². The van der Waals surface area contributed by atoms with E-state index in [-0.39, 0.29) is 31.6 Å². The summed E-state index contributed by atoms with van der Waals surface area (Å²) in [4.78, 5) is 45.1. The molecule has 8 nitrogen and oxygen atoms in total. The predicted molar refractivity (Wildman–Crippen MR) is 138 cm³/mol. The molecule has 0 aliphatic carbocycles. The number of likely N-dealkylation sites (tertiary alicyclic amines) is 1. The molecule has 2 saturated heterocycles. The molecule has 0 bridgehead atoms. The fraction of sp³-hybridized carbons (Fsp3) is 0.536. The van der Waals surface area contributed by atoms with E-state index in [9.17, 15) is 19.5 Å². The smallest absolute Gasteiger partial charge is 0.313 e.